The lowest BCUT2D eigenvalue weighted by molar-refractivity contribution is 0.101. The van der Waals surface area contributed by atoms with Crippen LogP contribution in [0.1, 0.15) is 52.4 Å². The highest BCUT2D eigenvalue weighted by Crippen LogP contribution is 2.34. The Morgan fingerprint density at radius 1 is 1.12 bits per heavy atom. The van der Waals surface area contributed by atoms with E-state index in [1.54, 1.807) is 24.3 Å². The van der Waals surface area contributed by atoms with Crippen LogP contribution in [0.3, 0.4) is 0 Å². The van der Waals surface area contributed by atoms with E-state index < -0.39 is 0 Å². The first-order chi connectivity index (χ1) is 11.9. The number of thiophene rings is 1. The number of carbonyl (C=O) groups is 2. The van der Waals surface area contributed by atoms with Crippen molar-refractivity contribution in [1.82, 2.24) is 4.98 Å². The molecule has 2 aromatic heterocycles. The van der Waals surface area contributed by atoms with Crippen molar-refractivity contribution >= 4 is 44.6 Å². The third kappa shape index (κ3) is 3.39. The summed E-state index contributed by atoms with van der Waals surface area (Å²) in [5.41, 5.74) is 8.78. The van der Waals surface area contributed by atoms with E-state index in [9.17, 15) is 9.59 Å². The number of hydrogen-bond donors (Lipinski definition) is 2. The van der Waals surface area contributed by atoms with Crippen LogP contribution in [-0.2, 0) is 0 Å². The van der Waals surface area contributed by atoms with E-state index in [-0.39, 0.29) is 11.7 Å². The van der Waals surface area contributed by atoms with E-state index in [2.05, 4.69) is 24.1 Å². The van der Waals surface area contributed by atoms with Gasteiger partial charge in [-0.2, -0.15) is 0 Å². The van der Waals surface area contributed by atoms with Gasteiger partial charge in [0.2, 0.25) is 0 Å². The SMILES string of the molecule is CC(=O)c1ccc(NC(=O)c2sc3nc(C(C)C)ccc3c2N)cc1. The highest BCUT2D eigenvalue weighted by atomic mass is 32.1. The maximum Gasteiger partial charge on any atom is 0.267 e. The molecule has 1 amide bonds. The van der Waals surface area contributed by atoms with Crippen LogP contribution in [0.25, 0.3) is 10.2 Å². The van der Waals surface area contributed by atoms with Crippen LogP contribution in [0.4, 0.5) is 11.4 Å². The molecular formula is C19H19N3O2S. The summed E-state index contributed by atoms with van der Waals surface area (Å²) in [4.78, 5) is 29.7. The number of ketones is 1. The van der Waals surface area contributed by atoms with Gasteiger partial charge < -0.3 is 11.1 Å². The van der Waals surface area contributed by atoms with Crippen LogP contribution in [0.5, 0.6) is 0 Å². The molecule has 0 spiro atoms. The number of aromatic nitrogens is 1. The summed E-state index contributed by atoms with van der Waals surface area (Å²) in [7, 11) is 0. The lowest BCUT2D eigenvalue weighted by Crippen LogP contribution is -2.12. The number of carbonyl (C=O) groups excluding carboxylic acids is 2. The van der Waals surface area contributed by atoms with Gasteiger partial charge in [0.15, 0.2) is 5.78 Å². The monoisotopic (exact) mass is 353 g/mol. The number of benzene rings is 1. The van der Waals surface area contributed by atoms with Crippen LogP contribution >= 0.6 is 11.3 Å². The van der Waals surface area contributed by atoms with Gasteiger partial charge in [0.05, 0.1) is 5.69 Å². The second-order valence-electron chi connectivity index (χ2n) is 6.18. The topological polar surface area (TPSA) is 85.1 Å². The normalized spacial score (nSPS) is 11.0. The molecular weight excluding hydrogens is 334 g/mol. The van der Waals surface area contributed by atoms with Gasteiger partial charge in [-0.25, -0.2) is 4.98 Å². The summed E-state index contributed by atoms with van der Waals surface area (Å²) in [5, 5.41) is 3.61. The Morgan fingerprint density at radius 2 is 1.80 bits per heavy atom. The molecule has 6 heteroatoms. The Kier molecular flexibility index (Phi) is 4.55. The average molecular weight is 353 g/mol. The molecule has 128 valence electrons. The van der Waals surface area contributed by atoms with Crippen LogP contribution in [0.15, 0.2) is 36.4 Å². The summed E-state index contributed by atoms with van der Waals surface area (Å²) >= 11 is 1.29. The molecule has 0 radical (unpaired) electrons. The lowest BCUT2D eigenvalue weighted by atomic mass is 10.1. The fraction of sp³-hybridized carbons (Fsp3) is 0.211. The van der Waals surface area contributed by atoms with Crippen LogP contribution in [0, 0.1) is 0 Å². The highest BCUT2D eigenvalue weighted by molar-refractivity contribution is 7.21. The minimum atomic E-state index is -0.276. The predicted octanol–water partition coefficient (Wildman–Crippen LogP) is 4.46. The number of nitrogens with one attached hydrogen (secondary N) is 1. The largest absolute Gasteiger partial charge is 0.397 e. The van der Waals surface area contributed by atoms with Crippen molar-refractivity contribution in [3.8, 4) is 0 Å². The van der Waals surface area contributed by atoms with Crippen LogP contribution in [-0.4, -0.2) is 16.7 Å². The molecule has 3 N–H and O–H groups in total. The molecule has 3 rings (SSSR count). The molecule has 3 aromatic rings. The van der Waals surface area contributed by atoms with E-state index in [1.165, 1.54) is 18.3 Å². The number of nitrogens with two attached hydrogens (primary N) is 1. The summed E-state index contributed by atoms with van der Waals surface area (Å²) in [5.74, 6) is 0.0191. The summed E-state index contributed by atoms with van der Waals surface area (Å²) in [6, 6.07) is 10.6. The predicted molar refractivity (Wildman–Crippen MR) is 103 cm³/mol. The van der Waals surface area contributed by atoms with E-state index in [1.807, 2.05) is 12.1 Å². The Balaban J connectivity index is 1.88. The standard InChI is InChI=1S/C19H19N3O2S/c1-10(2)15-9-8-14-16(20)17(25-19(14)22-15)18(24)21-13-6-4-12(5-7-13)11(3)23/h4-10H,20H2,1-3H3,(H,21,24). The molecule has 0 saturated heterocycles. The molecule has 5 nitrogen and oxygen atoms in total. The number of pyridine rings is 1. The van der Waals surface area contributed by atoms with Gasteiger partial charge in [0.25, 0.3) is 5.91 Å². The van der Waals surface area contributed by atoms with Gasteiger partial charge in [-0.15, -0.1) is 11.3 Å². The lowest BCUT2D eigenvalue weighted by Gasteiger charge is -2.05. The quantitative estimate of drug-likeness (QED) is 0.678. The van der Waals surface area contributed by atoms with Gasteiger partial charge in [0.1, 0.15) is 9.71 Å². The Morgan fingerprint density at radius 3 is 2.40 bits per heavy atom. The Hall–Kier alpha value is -2.73. The summed E-state index contributed by atoms with van der Waals surface area (Å²) in [6.07, 6.45) is 0. The maximum absolute atomic E-state index is 12.6. The molecule has 0 aliphatic heterocycles. The fourth-order valence-electron chi connectivity index (χ4n) is 2.48. The van der Waals surface area contributed by atoms with Crippen LogP contribution in [0.2, 0.25) is 0 Å². The van der Waals surface area contributed by atoms with Gasteiger partial charge >= 0.3 is 0 Å². The average Bonchev–Trinajstić information content (AvgIpc) is 2.91. The third-order valence-electron chi connectivity index (χ3n) is 3.96. The second-order valence-corrected chi connectivity index (χ2v) is 7.18. The zero-order chi connectivity index (χ0) is 18.1. The Bertz CT molecular complexity index is 959. The molecule has 1 aromatic carbocycles. The summed E-state index contributed by atoms with van der Waals surface area (Å²) < 4.78 is 0. The zero-order valence-electron chi connectivity index (χ0n) is 14.3. The van der Waals surface area contributed by atoms with Crippen molar-refractivity contribution in [2.75, 3.05) is 11.1 Å². The number of amides is 1. The number of Topliss-reactive ketones (excluding diaryl/α,β-unsaturated/α-hetero) is 1. The van der Waals surface area contributed by atoms with E-state index >= 15 is 0 Å². The first kappa shape index (κ1) is 17.1. The fourth-order valence-corrected chi connectivity index (χ4v) is 3.47. The summed E-state index contributed by atoms with van der Waals surface area (Å²) in [6.45, 7) is 5.65. The number of fused-ring (bicyclic) bond motifs is 1. The molecule has 0 aliphatic carbocycles. The maximum atomic E-state index is 12.6. The highest BCUT2D eigenvalue weighted by Gasteiger charge is 2.18. The van der Waals surface area contributed by atoms with E-state index in [0.717, 1.165) is 15.9 Å². The third-order valence-corrected chi connectivity index (χ3v) is 5.08. The van der Waals surface area contributed by atoms with Gasteiger partial charge in [-0.1, -0.05) is 13.8 Å². The first-order valence-corrected chi connectivity index (χ1v) is 8.79. The molecule has 0 aliphatic rings. The molecule has 0 fully saturated rings. The molecule has 25 heavy (non-hydrogen) atoms. The van der Waals surface area contributed by atoms with E-state index in [4.69, 9.17) is 5.73 Å². The van der Waals surface area contributed by atoms with E-state index in [0.29, 0.717) is 27.7 Å². The molecule has 0 unspecified atom stereocenters. The number of hydrogen-bond acceptors (Lipinski definition) is 5. The minimum Gasteiger partial charge on any atom is -0.397 e. The van der Waals surface area contributed by atoms with Gasteiger partial charge in [-0.3, -0.25) is 9.59 Å². The number of anilines is 2. The second kappa shape index (κ2) is 6.64. The van der Waals surface area contributed by atoms with Crippen molar-refractivity contribution in [2.45, 2.75) is 26.7 Å². The number of rotatable bonds is 4. The molecule has 0 atom stereocenters. The molecule has 2 heterocycles. The van der Waals surface area contributed by atoms with Crippen molar-refractivity contribution in [3.05, 3.63) is 52.5 Å². The molecule has 0 saturated carbocycles. The zero-order valence-corrected chi connectivity index (χ0v) is 15.1. The smallest absolute Gasteiger partial charge is 0.267 e. The van der Waals surface area contributed by atoms with Crippen molar-refractivity contribution in [3.63, 3.8) is 0 Å². The minimum absolute atomic E-state index is 0.0151. The molecule has 0 bridgehead atoms. The number of nitrogens with zero attached hydrogens (tertiary/aromatic N) is 1. The van der Waals surface area contributed by atoms with Crippen molar-refractivity contribution < 1.29 is 9.59 Å². The van der Waals surface area contributed by atoms with Crippen molar-refractivity contribution in [2.24, 2.45) is 0 Å². The van der Waals surface area contributed by atoms with Crippen LogP contribution < -0.4 is 11.1 Å². The Labute approximate surface area is 149 Å². The number of nitrogen functional groups attached to an aromatic ring is 1. The first-order valence-electron chi connectivity index (χ1n) is 7.98. The van der Waals surface area contributed by atoms with Gasteiger partial charge in [-0.05, 0) is 49.2 Å². The van der Waals surface area contributed by atoms with Gasteiger partial charge in [0, 0.05) is 22.3 Å². The van der Waals surface area contributed by atoms with Crippen molar-refractivity contribution in [1.29, 1.82) is 0 Å².